The Morgan fingerprint density at radius 1 is 1.12 bits per heavy atom. The number of carbonyl (C=O) groups is 4. The number of sulfonamides is 1. The zero-order valence-corrected chi connectivity index (χ0v) is 20.0. The predicted molar refractivity (Wildman–Crippen MR) is 121 cm³/mol. The van der Waals surface area contributed by atoms with Crippen molar-refractivity contribution in [3.05, 3.63) is 24.3 Å². The number of hydrogen-bond donors (Lipinski definition) is 2. The minimum Gasteiger partial charge on any atom is -0.378 e. The Balaban J connectivity index is 1.56. The molecule has 0 bridgehead atoms. The van der Waals surface area contributed by atoms with Gasteiger partial charge in [-0.3, -0.25) is 19.3 Å². The molecule has 2 heterocycles. The Bertz CT molecular complexity index is 1030. The second-order valence-electron chi connectivity index (χ2n) is 7.79. The molecule has 13 heteroatoms. The molecular formula is C21H29N5O7S. The molecule has 186 valence electrons. The molecule has 2 aliphatic rings. The van der Waals surface area contributed by atoms with E-state index in [1.54, 1.807) is 18.7 Å². The molecule has 1 atom stereocenters. The largest absolute Gasteiger partial charge is 0.378 e. The molecule has 1 aromatic rings. The lowest BCUT2D eigenvalue weighted by Gasteiger charge is -2.27. The van der Waals surface area contributed by atoms with Gasteiger partial charge in [0.15, 0.2) is 0 Å². The van der Waals surface area contributed by atoms with Crippen LogP contribution in [-0.2, 0) is 29.1 Å². The normalized spacial score (nSPS) is 18.9. The summed E-state index contributed by atoms with van der Waals surface area (Å²) in [6.07, 6.45) is -0.189. The highest BCUT2D eigenvalue weighted by Crippen LogP contribution is 2.19. The molecule has 0 unspecified atom stereocenters. The van der Waals surface area contributed by atoms with Crippen LogP contribution in [0, 0.1) is 0 Å². The van der Waals surface area contributed by atoms with Crippen LogP contribution in [-0.4, -0.2) is 98.3 Å². The first kappa shape index (κ1) is 25.6. The number of morpholine rings is 1. The first-order chi connectivity index (χ1) is 16.2. The van der Waals surface area contributed by atoms with Crippen molar-refractivity contribution in [2.45, 2.75) is 31.2 Å². The SMILES string of the molecule is CCN(CC)S(=O)(=O)c1ccc(NC(=O)CN2C(=O)N[C@@H](CC(=O)N3CCOCC3)C2=O)cc1. The number of nitrogens with zero attached hydrogens (tertiary/aromatic N) is 3. The summed E-state index contributed by atoms with van der Waals surface area (Å²) in [6, 6.07) is 3.85. The number of imide groups is 1. The number of anilines is 1. The second kappa shape index (κ2) is 10.9. The monoisotopic (exact) mass is 495 g/mol. The van der Waals surface area contributed by atoms with Gasteiger partial charge in [0.25, 0.3) is 5.91 Å². The third-order valence-corrected chi connectivity index (χ3v) is 7.70. The van der Waals surface area contributed by atoms with Crippen LogP contribution in [0.5, 0.6) is 0 Å². The number of nitrogens with one attached hydrogen (secondary N) is 2. The average molecular weight is 496 g/mol. The van der Waals surface area contributed by atoms with Gasteiger partial charge in [-0.15, -0.1) is 0 Å². The Kier molecular flexibility index (Phi) is 8.23. The van der Waals surface area contributed by atoms with E-state index in [4.69, 9.17) is 4.74 Å². The third-order valence-electron chi connectivity index (χ3n) is 5.63. The Labute approximate surface area is 198 Å². The van der Waals surface area contributed by atoms with Crippen molar-refractivity contribution in [2.24, 2.45) is 0 Å². The van der Waals surface area contributed by atoms with Gasteiger partial charge in [0.1, 0.15) is 12.6 Å². The standard InChI is InChI=1S/C21H29N5O7S/c1-3-25(4-2)34(31,32)16-7-5-15(6-8-16)22-18(27)14-26-20(29)17(23-21(26)30)13-19(28)24-9-11-33-12-10-24/h5-8,17H,3-4,9-14H2,1-2H3,(H,22,27)(H,23,30)/t17-/m0/s1. The summed E-state index contributed by atoms with van der Waals surface area (Å²) in [7, 11) is -3.63. The zero-order valence-electron chi connectivity index (χ0n) is 19.2. The van der Waals surface area contributed by atoms with E-state index in [2.05, 4.69) is 10.6 Å². The highest BCUT2D eigenvalue weighted by molar-refractivity contribution is 7.89. The van der Waals surface area contributed by atoms with Crippen LogP contribution >= 0.6 is 0 Å². The quantitative estimate of drug-likeness (QED) is 0.452. The lowest BCUT2D eigenvalue weighted by Crippen LogP contribution is -2.44. The van der Waals surface area contributed by atoms with Crippen LogP contribution in [0.15, 0.2) is 29.2 Å². The number of urea groups is 1. The maximum absolute atomic E-state index is 12.6. The minimum atomic E-state index is -3.63. The van der Waals surface area contributed by atoms with Crippen molar-refractivity contribution in [2.75, 3.05) is 51.3 Å². The van der Waals surface area contributed by atoms with Gasteiger partial charge < -0.3 is 20.3 Å². The first-order valence-corrected chi connectivity index (χ1v) is 12.5. The molecule has 2 saturated heterocycles. The van der Waals surface area contributed by atoms with E-state index in [0.29, 0.717) is 45.1 Å². The van der Waals surface area contributed by atoms with E-state index in [9.17, 15) is 27.6 Å². The third kappa shape index (κ3) is 5.72. The molecule has 0 saturated carbocycles. The molecule has 3 rings (SSSR count). The van der Waals surface area contributed by atoms with E-state index in [0.717, 1.165) is 4.90 Å². The molecule has 0 aliphatic carbocycles. The number of hydrogen-bond acceptors (Lipinski definition) is 7. The number of benzene rings is 1. The Hall–Kier alpha value is -3.03. The van der Waals surface area contributed by atoms with Gasteiger partial charge in [-0.2, -0.15) is 4.31 Å². The highest BCUT2D eigenvalue weighted by Gasteiger charge is 2.40. The molecule has 2 fully saturated rings. The van der Waals surface area contributed by atoms with Gasteiger partial charge in [-0.05, 0) is 24.3 Å². The summed E-state index contributed by atoms with van der Waals surface area (Å²) in [5, 5.41) is 4.99. The van der Waals surface area contributed by atoms with E-state index in [-0.39, 0.29) is 17.2 Å². The average Bonchev–Trinajstić information content (AvgIpc) is 3.07. The predicted octanol–water partition coefficient (Wildman–Crippen LogP) is -0.175. The van der Waals surface area contributed by atoms with Crippen LogP contribution in [0.2, 0.25) is 0 Å². The molecule has 2 N–H and O–H groups in total. The summed E-state index contributed by atoms with van der Waals surface area (Å²) < 4.78 is 31.6. The highest BCUT2D eigenvalue weighted by atomic mass is 32.2. The van der Waals surface area contributed by atoms with Gasteiger partial charge in [0, 0.05) is 31.9 Å². The van der Waals surface area contributed by atoms with E-state index >= 15 is 0 Å². The van der Waals surface area contributed by atoms with Crippen LogP contribution in [0.3, 0.4) is 0 Å². The number of rotatable bonds is 9. The van der Waals surface area contributed by atoms with Crippen molar-refractivity contribution in [1.29, 1.82) is 0 Å². The maximum Gasteiger partial charge on any atom is 0.325 e. The summed E-state index contributed by atoms with van der Waals surface area (Å²) >= 11 is 0. The molecular weight excluding hydrogens is 466 g/mol. The van der Waals surface area contributed by atoms with Gasteiger partial charge in [0.05, 0.1) is 24.5 Å². The fourth-order valence-electron chi connectivity index (χ4n) is 3.75. The summed E-state index contributed by atoms with van der Waals surface area (Å²) in [5.41, 5.74) is 0.314. The van der Waals surface area contributed by atoms with Crippen LogP contribution in [0.4, 0.5) is 10.5 Å². The van der Waals surface area contributed by atoms with Gasteiger partial charge in [-0.1, -0.05) is 13.8 Å². The van der Waals surface area contributed by atoms with Crippen molar-refractivity contribution < 1.29 is 32.3 Å². The smallest absolute Gasteiger partial charge is 0.325 e. The molecule has 0 radical (unpaired) electrons. The van der Waals surface area contributed by atoms with Gasteiger partial charge in [0.2, 0.25) is 21.8 Å². The second-order valence-corrected chi connectivity index (χ2v) is 9.72. The van der Waals surface area contributed by atoms with E-state index in [1.165, 1.54) is 28.6 Å². The number of carbonyl (C=O) groups excluding carboxylic acids is 4. The molecule has 0 aromatic heterocycles. The van der Waals surface area contributed by atoms with Gasteiger partial charge in [-0.25, -0.2) is 13.2 Å². The topological polar surface area (TPSA) is 145 Å². The molecule has 5 amide bonds. The van der Waals surface area contributed by atoms with Crippen molar-refractivity contribution >= 4 is 39.5 Å². The molecule has 34 heavy (non-hydrogen) atoms. The zero-order chi connectivity index (χ0) is 24.9. The summed E-state index contributed by atoms with van der Waals surface area (Å²) in [4.78, 5) is 52.0. The molecule has 0 spiro atoms. The van der Waals surface area contributed by atoms with Crippen LogP contribution in [0.25, 0.3) is 0 Å². The molecule has 2 aliphatic heterocycles. The number of amides is 5. The maximum atomic E-state index is 12.6. The summed E-state index contributed by atoms with van der Waals surface area (Å²) in [5.74, 6) is -1.56. The first-order valence-electron chi connectivity index (χ1n) is 11.0. The lowest BCUT2D eigenvalue weighted by molar-refractivity contribution is -0.138. The van der Waals surface area contributed by atoms with E-state index in [1.807, 2.05) is 0 Å². The van der Waals surface area contributed by atoms with Crippen LogP contribution in [0.1, 0.15) is 20.3 Å². The Morgan fingerprint density at radius 2 is 1.74 bits per heavy atom. The van der Waals surface area contributed by atoms with Crippen molar-refractivity contribution in [1.82, 2.24) is 19.4 Å². The van der Waals surface area contributed by atoms with Crippen molar-refractivity contribution in [3.8, 4) is 0 Å². The fraction of sp³-hybridized carbons (Fsp3) is 0.524. The minimum absolute atomic E-state index is 0.0936. The number of ether oxygens (including phenoxy) is 1. The van der Waals surface area contributed by atoms with E-state index < -0.39 is 40.5 Å². The van der Waals surface area contributed by atoms with Gasteiger partial charge >= 0.3 is 6.03 Å². The Morgan fingerprint density at radius 3 is 2.32 bits per heavy atom. The molecule has 12 nitrogen and oxygen atoms in total. The van der Waals surface area contributed by atoms with Crippen molar-refractivity contribution in [3.63, 3.8) is 0 Å². The fourth-order valence-corrected chi connectivity index (χ4v) is 5.21. The lowest BCUT2D eigenvalue weighted by atomic mass is 10.2. The van der Waals surface area contributed by atoms with Crippen LogP contribution < -0.4 is 10.6 Å². The summed E-state index contributed by atoms with van der Waals surface area (Å²) in [6.45, 7) is 5.32. The molecule has 1 aromatic carbocycles.